The first-order valence-corrected chi connectivity index (χ1v) is 27.3. The second kappa shape index (κ2) is 17.0. The van der Waals surface area contributed by atoms with E-state index in [1.54, 1.807) is 6.07 Å². The maximum Gasteiger partial charge on any atom is 0.159 e. The fourth-order valence-electron chi connectivity index (χ4n) is 11.2. The Morgan fingerprint density at radius 1 is 0.366 bits per heavy atom. The van der Waals surface area contributed by atoms with E-state index in [0.717, 1.165) is 89.1 Å². The van der Waals surface area contributed by atoms with Crippen LogP contribution in [0.2, 0.25) is 13.1 Å². The third-order valence-electron chi connectivity index (χ3n) is 14.5. The summed E-state index contributed by atoms with van der Waals surface area (Å²) in [6.07, 6.45) is 0. The molecular formula is C66H47FN2OSi. The van der Waals surface area contributed by atoms with Crippen LogP contribution in [0.3, 0.4) is 0 Å². The highest BCUT2D eigenvalue weighted by atomic mass is 28.3. The van der Waals surface area contributed by atoms with E-state index in [4.69, 9.17) is 4.42 Å². The lowest BCUT2D eigenvalue weighted by Gasteiger charge is -2.37. The lowest BCUT2D eigenvalue weighted by atomic mass is 9.93. The highest BCUT2D eigenvalue weighted by molar-refractivity contribution is 7.03. The second-order valence-corrected chi connectivity index (χ2v) is 23.3. The predicted molar refractivity (Wildman–Crippen MR) is 299 cm³/mol. The third kappa shape index (κ3) is 6.99. The molecule has 0 unspecified atom stereocenters. The molecule has 0 spiro atoms. The zero-order valence-electron chi connectivity index (χ0n) is 39.4. The number of rotatable bonds is 9. The fraction of sp³-hybridized carbons (Fsp3) is 0.0303. The molecule has 11 aromatic carbocycles. The molecule has 1 aliphatic rings. The Labute approximate surface area is 414 Å². The minimum Gasteiger partial charge on any atom is -0.454 e. The van der Waals surface area contributed by atoms with Gasteiger partial charge in [0, 0.05) is 38.7 Å². The molecule has 2 heterocycles. The van der Waals surface area contributed by atoms with Crippen molar-refractivity contribution in [3.05, 3.63) is 255 Å². The summed E-state index contributed by atoms with van der Waals surface area (Å²) in [5.74, 6) is -0.293. The van der Waals surface area contributed by atoms with Gasteiger partial charge in [0.2, 0.25) is 0 Å². The Morgan fingerprint density at radius 3 is 1.72 bits per heavy atom. The van der Waals surface area contributed by atoms with E-state index >= 15 is 4.39 Å². The van der Waals surface area contributed by atoms with E-state index < -0.39 is 8.07 Å². The summed E-state index contributed by atoms with van der Waals surface area (Å²) < 4.78 is 24.4. The van der Waals surface area contributed by atoms with Gasteiger partial charge in [-0.25, -0.2) is 4.39 Å². The maximum absolute atomic E-state index is 17.6. The smallest absolute Gasteiger partial charge is 0.159 e. The van der Waals surface area contributed by atoms with E-state index in [9.17, 15) is 0 Å². The minimum absolute atomic E-state index is 0.293. The van der Waals surface area contributed by atoms with Crippen molar-refractivity contribution in [3.8, 4) is 44.5 Å². The molecule has 0 radical (unpaired) electrons. The summed E-state index contributed by atoms with van der Waals surface area (Å²) >= 11 is 0. The zero-order valence-corrected chi connectivity index (χ0v) is 40.4. The molecule has 12 aromatic rings. The summed E-state index contributed by atoms with van der Waals surface area (Å²) in [4.78, 5) is 4.54. The molecule has 1 aliphatic heterocycles. The Bertz CT molecular complexity index is 3980. The van der Waals surface area contributed by atoms with Crippen LogP contribution in [-0.4, -0.2) is 8.07 Å². The van der Waals surface area contributed by atoms with Gasteiger partial charge in [0.1, 0.15) is 19.5 Å². The van der Waals surface area contributed by atoms with Crippen LogP contribution in [0.25, 0.3) is 77.2 Å². The van der Waals surface area contributed by atoms with Crippen molar-refractivity contribution in [1.82, 2.24) is 0 Å². The number of hydrogen-bond donors (Lipinski definition) is 0. The van der Waals surface area contributed by atoms with Gasteiger partial charge in [0.25, 0.3) is 0 Å². The largest absolute Gasteiger partial charge is 0.454 e. The number of hydrogen-bond acceptors (Lipinski definition) is 3. The molecule has 5 heteroatoms. The lowest BCUT2D eigenvalue weighted by Crippen LogP contribution is -2.56. The molecule has 0 N–H and O–H groups in total. The van der Waals surface area contributed by atoms with Crippen molar-refractivity contribution >= 4 is 85.3 Å². The monoisotopic (exact) mass is 930 g/mol. The van der Waals surface area contributed by atoms with Crippen LogP contribution in [0.15, 0.2) is 253 Å². The van der Waals surface area contributed by atoms with E-state index in [0.29, 0.717) is 5.69 Å². The van der Waals surface area contributed by atoms with Crippen LogP contribution in [0, 0.1) is 5.82 Å². The summed E-state index contributed by atoms with van der Waals surface area (Å²) in [7, 11) is -2.48. The molecule has 3 nitrogen and oxygen atoms in total. The molecule has 71 heavy (non-hydrogen) atoms. The van der Waals surface area contributed by atoms with Crippen molar-refractivity contribution in [3.63, 3.8) is 0 Å². The van der Waals surface area contributed by atoms with Crippen LogP contribution < -0.4 is 20.2 Å². The Morgan fingerprint density at radius 2 is 0.958 bits per heavy atom. The van der Waals surface area contributed by atoms with Gasteiger partial charge in [-0.1, -0.05) is 201 Å². The molecule has 0 fully saturated rings. The molecule has 13 rings (SSSR count). The van der Waals surface area contributed by atoms with Gasteiger partial charge in [-0.05, 0) is 110 Å². The third-order valence-corrected chi connectivity index (χ3v) is 18.0. The van der Waals surface area contributed by atoms with Gasteiger partial charge in [-0.3, -0.25) is 0 Å². The first kappa shape index (κ1) is 42.3. The van der Waals surface area contributed by atoms with E-state index in [1.807, 2.05) is 72.8 Å². The molecule has 0 aliphatic carbocycles. The number of nitrogens with zero attached hydrogens (tertiary/aromatic N) is 2. The second-order valence-electron chi connectivity index (χ2n) is 18.9. The number of benzene rings is 11. The molecule has 0 saturated heterocycles. The quantitative estimate of drug-likeness (QED) is 0.135. The van der Waals surface area contributed by atoms with Gasteiger partial charge in [0.15, 0.2) is 5.58 Å². The van der Waals surface area contributed by atoms with Gasteiger partial charge in [-0.2, -0.15) is 0 Å². The lowest BCUT2D eigenvalue weighted by molar-refractivity contribution is 0.630. The average Bonchev–Trinajstić information content (AvgIpc) is 3.82. The zero-order chi connectivity index (χ0) is 47.6. The van der Waals surface area contributed by atoms with Crippen molar-refractivity contribution in [2.24, 2.45) is 0 Å². The van der Waals surface area contributed by atoms with E-state index in [2.05, 4.69) is 193 Å². The Hall–Kier alpha value is -8.77. The first-order chi connectivity index (χ1) is 34.9. The molecule has 0 amide bonds. The molecule has 0 bridgehead atoms. The number of fused-ring (bicyclic) bond motifs is 5. The average molecular weight is 931 g/mol. The van der Waals surface area contributed by atoms with Crippen LogP contribution >= 0.6 is 0 Å². The maximum atomic E-state index is 17.6. The highest BCUT2D eigenvalue weighted by Gasteiger charge is 2.38. The van der Waals surface area contributed by atoms with Crippen molar-refractivity contribution < 1.29 is 8.81 Å². The molecular weight excluding hydrogens is 884 g/mol. The minimum atomic E-state index is -2.48. The van der Waals surface area contributed by atoms with Gasteiger partial charge in [0.05, 0.1) is 22.7 Å². The summed E-state index contributed by atoms with van der Waals surface area (Å²) in [6.45, 7) is 4.96. The molecule has 1 aromatic heterocycles. The summed E-state index contributed by atoms with van der Waals surface area (Å²) in [5, 5.41) is 7.19. The topological polar surface area (TPSA) is 19.6 Å². The SMILES string of the molecule is C[Si]1(C)c2cc(N(c3ccccc3-c3ccccc3)c3cccc4c3oc3ccccc34)ccc2-c2ccc(N(c3ccccc3)c3c(F)cc(-c4ccccc4)cc3-c3ccccc3)c3cccc1c23. The summed E-state index contributed by atoms with van der Waals surface area (Å²) in [5.41, 5.74) is 15.4. The Kier molecular flexibility index (Phi) is 10.2. The fourth-order valence-corrected chi connectivity index (χ4v) is 14.3. The van der Waals surface area contributed by atoms with E-state index in [1.165, 1.54) is 26.9 Å². The molecule has 0 atom stereocenters. The van der Waals surface area contributed by atoms with Gasteiger partial charge >= 0.3 is 0 Å². The standard InChI is InChI=1S/C66H47FN2OSi/c1-71(2)62-36-20-32-55-59(69(48-27-13-6-14-28-48)65-56(46-25-11-5-12-26-46)41-47(42-57(65)67)44-21-7-3-8-22-44)40-39-53(64(55)62)52-38-37-49(43-63(52)71)68(58-33-17-15-29-50(58)45-23-9-4-10-24-45)60-34-19-31-54-51-30-16-18-35-61(51)70-66(54)60/h3-43H,1-2H3. The van der Waals surface area contributed by atoms with Crippen LogP contribution in [0.1, 0.15) is 0 Å². The molecule has 338 valence electrons. The number of halogens is 1. The van der Waals surface area contributed by atoms with Crippen LogP contribution in [0.4, 0.5) is 38.5 Å². The number of anilines is 6. The normalized spacial score (nSPS) is 12.5. The number of furan rings is 1. The van der Waals surface area contributed by atoms with Gasteiger partial charge in [-0.15, -0.1) is 0 Å². The predicted octanol–water partition coefficient (Wildman–Crippen LogP) is 17.6. The van der Waals surface area contributed by atoms with Crippen LogP contribution in [-0.2, 0) is 0 Å². The first-order valence-electron chi connectivity index (χ1n) is 24.3. The van der Waals surface area contributed by atoms with Crippen molar-refractivity contribution in [2.45, 2.75) is 13.1 Å². The Balaban J connectivity index is 1.02. The van der Waals surface area contributed by atoms with Crippen LogP contribution in [0.5, 0.6) is 0 Å². The molecule has 0 saturated carbocycles. The van der Waals surface area contributed by atoms with Gasteiger partial charge < -0.3 is 14.2 Å². The van der Waals surface area contributed by atoms with Crippen molar-refractivity contribution in [2.75, 3.05) is 9.80 Å². The highest BCUT2D eigenvalue weighted by Crippen LogP contribution is 2.50. The number of para-hydroxylation sites is 4. The summed E-state index contributed by atoms with van der Waals surface area (Å²) in [6, 6.07) is 86.8. The van der Waals surface area contributed by atoms with E-state index in [-0.39, 0.29) is 5.82 Å². The van der Waals surface area contributed by atoms with Crippen molar-refractivity contribution in [1.29, 1.82) is 0 Å².